The number of carbonyl (C=O) groups is 2. The molecule has 2 unspecified atom stereocenters. The Morgan fingerprint density at radius 2 is 2.00 bits per heavy atom. The van der Waals surface area contributed by atoms with Crippen molar-refractivity contribution in [2.24, 2.45) is 0 Å². The van der Waals surface area contributed by atoms with Crippen LogP contribution in [0.15, 0.2) is 24.3 Å². The molecular weight excluding hydrogens is 392 g/mol. The number of fused-ring (bicyclic) bond motifs is 2. The molecule has 1 saturated heterocycles. The van der Waals surface area contributed by atoms with Crippen LogP contribution < -0.4 is 15.5 Å². The van der Waals surface area contributed by atoms with Crippen LogP contribution in [0.5, 0.6) is 0 Å². The number of methoxy groups -OCH3 is 1. The average Bonchev–Trinajstić information content (AvgIpc) is 3.00. The Bertz CT molecular complexity index is 802. The number of benzene rings is 1. The second kappa shape index (κ2) is 9.17. The molecule has 2 fully saturated rings. The van der Waals surface area contributed by atoms with Crippen molar-refractivity contribution in [1.82, 2.24) is 15.5 Å². The van der Waals surface area contributed by atoms with Crippen LogP contribution in [0.4, 0.5) is 10.5 Å². The lowest BCUT2D eigenvalue weighted by molar-refractivity contribution is -0.134. The van der Waals surface area contributed by atoms with E-state index in [4.69, 9.17) is 4.74 Å². The van der Waals surface area contributed by atoms with Gasteiger partial charge in [-0.15, -0.1) is 0 Å². The first-order chi connectivity index (χ1) is 14.9. The third-order valence-electron chi connectivity index (χ3n) is 7.17. The van der Waals surface area contributed by atoms with Crippen LogP contribution in [0, 0.1) is 0 Å². The van der Waals surface area contributed by atoms with Gasteiger partial charge in [0.25, 0.3) is 0 Å². The quantitative estimate of drug-likeness (QED) is 0.730. The standard InChI is InChI=1S/C24H36N4O3/c1-17(2)26-23(30)28-16-20-10-9-19(27(20)15-18-7-4-5-8-21(18)28)14-25-22(29)13-24(31-3)11-6-12-24/h4-5,7-8,17,19-20H,6,9-16H2,1-3H3,(H,25,29)(H,26,30). The maximum atomic E-state index is 12.9. The molecule has 3 aliphatic rings. The van der Waals surface area contributed by atoms with Gasteiger partial charge in [0.15, 0.2) is 0 Å². The number of hydrogen-bond acceptors (Lipinski definition) is 4. The molecule has 1 saturated carbocycles. The Morgan fingerprint density at radius 3 is 2.68 bits per heavy atom. The Hall–Kier alpha value is -2.12. The number of anilines is 1. The third kappa shape index (κ3) is 4.72. The second-order valence-corrected chi connectivity index (χ2v) is 9.62. The zero-order valence-corrected chi connectivity index (χ0v) is 19.0. The number of amides is 3. The van der Waals surface area contributed by atoms with Gasteiger partial charge in [0, 0.05) is 50.6 Å². The van der Waals surface area contributed by atoms with Crippen molar-refractivity contribution in [3.8, 4) is 0 Å². The number of ether oxygens (including phenoxy) is 1. The van der Waals surface area contributed by atoms with Crippen molar-refractivity contribution >= 4 is 17.6 Å². The molecule has 0 aromatic heterocycles. The van der Waals surface area contributed by atoms with Gasteiger partial charge in [-0.05, 0) is 57.6 Å². The average molecular weight is 429 g/mol. The summed E-state index contributed by atoms with van der Waals surface area (Å²) >= 11 is 0. The van der Waals surface area contributed by atoms with Gasteiger partial charge in [-0.3, -0.25) is 14.6 Å². The fraction of sp³-hybridized carbons (Fsp3) is 0.667. The molecule has 2 atom stereocenters. The van der Waals surface area contributed by atoms with Crippen LogP contribution in [0.25, 0.3) is 0 Å². The van der Waals surface area contributed by atoms with E-state index in [-0.39, 0.29) is 29.6 Å². The molecule has 7 nitrogen and oxygen atoms in total. The highest BCUT2D eigenvalue weighted by Crippen LogP contribution is 2.38. The fourth-order valence-corrected chi connectivity index (χ4v) is 5.23. The molecule has 7 heteroatoms. The lowest BCUT2D eigenvalue weighted by Crippen LogP contribution is -2.49. The number of urea groups is 1. The van der Waals surface area contributed by atoms with Crippen molar-refractivity contribution in [3.63, 3.8) is 0 Å². The maximum absolute atomic E-state index is 12.9. The molecule has 1 aromatic rings. The zero-order valence-electron chi connectivity index (χ0n) is 19.0. The Labute approximate surface area is 185 Å². The number of hydrogen-bond donors (Lipinski definition) is 2. The molecule has 1 aliphatic carbocycles. The van der Waals surface area contributed by atoms with Gasteiger partial charge in [-0.25, -0.2) is 4.79 Å². The van der Waals surface area contributed by atoms with Gasteiger partial charge >= 0.3 is 6.03 Å². The summed E-state index contributed by atoms with van der Waals surface area (Å²) in [6.07, 6.45) is 5.59. The Balaban J connectivity index is 1.43. The maximum Gasteiger partial charge on any atom is 0.322 e. The topological polar surface area (TPSA) is 73.9 Å². The van der Waals surface area contributed by atoms with E-state index in [0.29, 0.717) is 25.6 Å². The van der Waals surface area contributed by atoms with E-state index in [1.54, 1.807) is 7.11 Å². The summed E-state index contributed by atoms with van der Waals surface area (Å²) in [4.78, 5) is 29.9. The van der Waals surface area contributed by atoms with E-state index in [0.717, 1.165) is 49.9 Å². The lowest BCUT2D eigenvalue weighted by Gasteiger charge is -2.40. The smallest absolute Gasteiger partial charge is 0.322 e. The highest BCUT2D eigenvalue weighted by atomic mass is 16.5. The highest BCUT2D eigenvalue weighted by Gasteiger charge is 2.41. The third-order valence-corrected chi connectivity index (χ3v) is 7.17. The molecule has 0 spiro atoms. The predicted octanol–water partition coefficient (Wildman–Crippen LogP) is 3.03. The van der Waals surface area contributed by atoms with Crippen LogP contribution in [0.2, 0.25) is 0 Å². The molecule has 0 bridgehead atoms. The summed E-state index contributed by atoms with van der Waals surface area (Å²) < 4.78 is 5.60. The first-order valence-corrected chi connectivity index (χ1v) is 11.6. The summed E-state index contributed by atoms with van der Waals surface area (Å²) in [5.74, 6) is 0.0816. The molecule has 2 aliphatic heterocycles. The molecule has 31 heavy (non-hydrogen) atoms. The first kappa shape index (κ1) is 22.1. The summed E-state index contributed by atoms with van der Waals surface area (Å²) in [6.45, 7) is 6.09. The number of nitrogens with one attached hydrogen (secondary N) is 2. The normalized spacial score (nSPS) is 24.7. The lowest BCUT2D eigenvalue weighted by atomic mass is 9.77. The predicted molar refractivity (Wildman–Crippen MR) is 121 cm³/mol. The van der Waals surface area contributed by atoms with Gasteiger partial charge in [0.1, 0.15) is 0 Å². The van der Waals surface area contributed by atoms with E-state index in [9.17, 15) is 9.59 Å². The largest absolute Gasteiger partial charge is 0.378 e. The molecule has 0 radical (unpaired) electrons. The van der Waals surface area contributed by atoms with Crippen molar-refractivity contribution < 1.29 is 14.3 Å². The van der Waals surface area contributed by atoms with Gasteiger partial charge in [0.05, 0.1) is 12.0 Å². The molecule has 4 rings (SSSR count). The van der Waals surface area contributed by atoms with Gasteiger partial charge in [-0.1, -0.05) is 18.2 Å². The molecule has 1 aromatic carbocycles. The summed E-state index contributed by atoms with van der Waals surface area (Å²) in [6, 6.07) is 8.82. The highest BCUT2D eigenvalue weighted by molar-refractivity contribution is 5.93. The van der Waals surface area contributed by atoms with E-state index in [2.05, 4.69) is 21.6 Å². The SMILES string of the molecule is COC1(CC(=O)NCC2CCC3CN(C(=O)NC(C)C)c4ccccc4CN23)CCC1. The molecule has 3 amide bonds. The van der Waals surface area contributed by atoms with E-state index < -0.39 is 0 Å². The van der Waals surface area contributed by atoms with E-state index in [1.165, 1.54) is 0 Å². The van der Waals surface area contributed by atoms with Crippen LogP contribution in [-0.2, 0) is 16.1 Å². The van der Waals surface area contributed by atoms with Crippen molar-refractivity contribution in [1.29, 1.82) is 0 Å². The number of carbonyl (C=O) groups excluding carboxylic acids is 2. The zero-order chi connectivity index (χ0) is 22.0. The minimum absolute atomic E-state index is 0.0357. The summed E-state index contributed by atoms with van der Waals surface area (Å²) in [5.41, 5.74) is 1.91. The number of rotatable bonds is 6. The molecule has 170 valence electrons. The minimum Gasteiger partial charge on any atom is -0.378 e. The second-order valence-electron chi connectivity index (χ2n) is 9.62. The van der Waals surface area contributed by atoms with Gasteiger partial charge < -0.3 is 15.4 Å². The summed E-state index contributed by atoms with van der Waals surface area (Å²) in [5, 5.41) is 6.22. The Morgan fingerprint density at radius 1 is 1.23 bits per heavy atom. The number of para-hydroxylation sites is 1. The number of nitrogens with zero attached hydrogens (tertiary/aromatic N) is 2. The molecular formula is C24H36N4O3. The van der Waals surface area contributed by atoms with Crippen molar-refractivity contribution in [2.45, 2.75) is 82.6 Å². The monoisotopic (exact) mass is 428 g/mol. The molecule has 2 heterocycles. The Kier molecular flexibility index (Phi) is 6.53. The minimum atomic E-state index is -0.242. The van der Waals surface area contributed by atoms with Crippen LogP contribution >= 0.6 is 0 Å². The molecule has 2 N–H and O–H groups in total. The van der Waals surface area contributed by atoms with Crippen LogP contribution in [0.3, 0.4) is 0 Å². The summed E-state index contributed by atoms with van der Waals surface area (Å²) in [7, 11) is 1.71. The van der Waals surface area contributed by atoms with Gasteiger partial charge in [0.2, 0.25) is 5.91 Å². The van der Waals surface area contributed by atoms with Gasteiger partial charge in [-0.2, -0.15) is 0 Å². The van der Waals surface area contributed by atoms with Crippen molar-refractivity contribution in [2.75, 3.05) is 25.1 Å². The first-order valence-electron chi connectivity index (χ1n) is 11.6. The van der Waals surface area contributed by atoms with Crippen molar-refractivity contribution in [3.05, 3.63) is 29.8 Å². The van der Waals surface area contributed by atoms with E-state index >= 15 is 0 Å². The van der Waals surface area contributed by atoms with Crippen LogP contribution in [-0.4, -0.2) is 60.8 Å². The van der Waals surface area contributed by atoms with E-state index in [1.807, 2.05) is 36.9 Å². The van der Waals surface area contributed by atoms with Crippen LogP contribution in [0.1, 0.15) is 57.9 Å². The fourth-order valence-electron chi connectivity index (χ4n) is 5.23.